The van der Waals surface area contributed by atoms with Gasteiger partial charge in [-0.15, -0.1) is 0 Å². The number of aryl methyl sites for hydroxylation is 1. The molecule has 0 unspecified atom stereocenters. The van der Waals surface area contributed by atoms with Gasteiger partial charge in [0.1, 0.15) is 5.25 Å². The first-order valence-electron chi connectivity index (χ1n) is 8.67. The van der Waals surface area contributed by atoms with Crippen LogP contribution in [-0.2, 0) is 21.1 Å². The predicted octanol–water partition coefficient (Wildman–Crippen LogP) is 2.95. The maximum Gasteiger partial charge on any atom is 0.269 e. The molecular formula is C19H20N2O5S. The molecule has 3 rings (SSSR count). The third-order valence-electron chi connectivity index (χ3n) is 4.90. The van der Waals surface area contributed by atoms with Crippen molar-refractivity contribution in [3.05, 3.63) is 69.8 Å². The number of hydrogen-bond donors (Lipinski definition) is 1. The van der Waals surface area contributed by atoms with Gasteiger partial charge in [-0.25, -0.2) is 8.42 Å². The predicted molar refractivity (Wildman–Crippen MR) is 100 cm³/mol. The van der Waals surface area contributed by atoms with Gasteiger partial charge in [-0.1, -0.05) is 24.3 Å². The van der Waals surface area contributed by atoms with Crippen molar-refractivity contribution < 1.29 is 18.1 Å². The summed E-state index contributed by atoms with van der Waals surface area (Å²) in [6.45, 7) is 1.33. The van der Waals surface area contributed by atoms with Gasteiger partial charge in [-0.05, 0) is 49.4 Å². The van der Waals surface area contributed by atoms with E-state index in [1.54, 1.807) is 0 Å². The van der Waals surface area contributed by atoms with E-state index in [1.807, 2.05) is 24.3 Å². The molecule has 0 saturated carbocycles. The molecule has 1 amide bonds. The van der Waals surface area contributed by atoms with E-state index in [9.17, 15) is 23.3 Å². The smallest absolute Gasteiger partial charge is 0.269 e. The third kappa shape index (κ3) is 3.85. The normalized spacial score (nSPS) is 17.6. The summed E-state index contributed by atoms with van der Waals surface area (Å²) < 4.78 is 25.4. The van der Waals surface area contributed by atoms with Gasteiger partial charge in [0, 0.05) is 12.1 Å². The number of carbonyl (C=O) groups excluding carboxylic acids is 1. The van der Waals surface area contributed by atoms with E-state index < -0.39 is 25.9 Å². The minimum absolute atomic E-state index is 0.111. The van der Waals surface area contributed by atoms with Gasteiger partial charge in [0.2, 0.25) is 5.91 Å². The van der Waals surface area contributed by atoms with Crippen LogP contribution in [-0.4, -0.2) is 24.5 Å². The molecule has 27 heavy (non-hydrogen) atoms. The standard InChI is InChI=1S/C19H20N2O5S/c1-13(27(25,26)16-11-9-15(10-12-16)21(23)24)19(22)20-18-8-4-6-14-5-2-3-7-17(14)18/h2-3,5,7,9-13,18H,4,6,8H2,1H3,(H,20,22)/t13-,18-/m0/s1. The Kier molecular flexibility index (Phi) is 5.27. The first kappa shape index (κ1) is 19.0. The van der Waals surface area contributed by atoms with Crippen LogP contribution in [0.4, 0.5) is 5.69 Å². The largest absolute Gasteiger partial charge is 0.348 e. The van der Waals surface area contributed by atoms with Crippen molar-refractivity contribution in [1.29, 1.82) is 0 Å². The van der Waals surface area contributed by atoms with Gasteiger partial charge >= 0.3 is 0 Å². The van der Waals surface area contributed by atoms with Crippen LogP contribution in [0.2, 0.25) is 0 Å². The van der Waals surface area contributed by atoms with E-state index in [0.717, 1.165) is 49.1 Å². The number of nitrogens with zero attached hydrogens (tertiary/aromatic N) is 1. The molecule has 1 aliphatic carbocycles. The highest BCUT2D eigenvalue weighted by Crippen LogP contribution is 2.30. The van der Waals surface area contributed by atoms with Gasteiger partial charge in [0.25, 0.3) is 5.69 Å². The molecule has 8 heteroatoms. The highest BCUT2D eigenvalue weighted by atomic mass is 32.2. The van der Waals surface area contributed by atoms with Crippen LogP contribution in [0, 0.1) is 10.1 Å². The first-order chi connectivity index (χ1) is 12.8. The fraction of sp³-hybridized carbons (Fsp3) is 0.316. The SMILES string of the molecule is C[C@@H](C(=O)N[C@H]1CCCc2ccccc21)S(=O)(=O)c1ccc([N+](=O)[O-])cc1. The average molecular weight is 388 g/mol. The molecule has 142 valence electrons. The Balaban J connectivity index is 1.78. The summed E-state index contributed by atoms with van der Waals surface area (Å²) in [5.74, 6) is -0.574. The van der Waals surface area contributed by atoms with E-state index >= 15 is 0 Å². The van der Waals surface area contributed by atoms with E-state index in [4.69, 9.17) is 0 Å². The Morgan fingerprint density at radius 2 is 1.85 bits per heavy atom. The molecule has 0 aromatic heterocycles. The molecule has 7 nitrogen and oxygen atoms in total. The average Bonchev–Trinajstić information content (AvgIpc) is 2.67. The number of rotatable bonds is 5. The quantitative estimate of drug-likeness (QED) is 0.626. The first-order valence-corrected chi connectivity index (χ1v) is 10.2. The number of hydrogen-bond acceptors (Lipinski definition) is 5. The second-order valence-electron chi connectivity index (χ2n) is 6.59. The van der Waals surface area contributed by atoms with Gasteiger partial charge < -0.3 is 5.32 Å². The number of sulfone groups is 1. The van der Waals surface area contributed by atoms with Crippen molar-refractivity contribution in [2.75, 3.05) is 0 Å². The number of nitro groups is 1. The van der Waals surface area contributed by atoms with Gasteiger partial charge in [0.15, 0.2) is 9.84 Å². The van der Waals surface area contributed by atoms with Crippen LogP contribution < -0.4 is 5.32 Å². The molecule has 0 saturated heterocycles. The zero-order valence-corrected chi connectivity index (χ0v) is 15.6. The maximum absolute atomic E-state index is 12.7. The topological polar surface area (TPSA) is 106 Å². The van der Waals surface area contributed by atoms with Crippen molar-refractivity contribution >= 4 is 21.4 Å². The molecule has 0 aliphatic heterocycles. The van der Waals surface area contributed by atoms with Crippen LogP contribution in [0.5, 0.6) is 0 Å². The Morgan fingerprint density at radius 3 is 2.52 bits per heavy atom. The lowest BCUT2D eigenvalue weighted by Gasteiger charge is -2.27. The minimum Gasteiger partial charge on any atom is -0.348 e. The number of nitrogens with one attached hydrogen (secondary N) is 1. The van der Waals surface area contributed by atoms with Gasteiger partial charge in [-0.3, -0.25) is 14.9 Å². The number of non-ortho nitro benzene ring substituents is 1. The zero-order chi connectivity index (χ0) is 19.6. The fourth-order valence-electron chi connectivity index (χ4n) is 3.30. The van der Waals surface area contributed by atoms with Gasteiger partial charge in [-0.2, -0.15) is 0 Å². The number of carbonyl (C=O) groups is 1. The summed E-state index contributed by atoms with van der Waals surface area (Å²) in [7, 11) is -3.94. The molecule has 2 aromatic rings. The van der Waals surface area contributed by atoms with Crippen molar-refractivity contribution in [1.82, 2.24) is 5.32 Å². The third-order valence-corrected chi connectivity index (χ3v) is 6.97. The molecule has 0 radical (unpaired) electrons. The Morgan fingerprint density at radius 1 is 1.19 bits per heavy atom. The van der Waals surface area contributed by atoms with Crippen LogP contribution in [0.15, 0.2) is 53.4 Å². The Labute approximate surface area is 157 Å². The molecule has 0 spiro atoms. The lowest BCUT2D eigenvalue weighted by molar-refractivity contribution is -0.384. The second-order valence-corrected chi connectivity index (χ2v) is 8.86. The summed E-state index contributed by atoms with van der Waals surface area (Å²) in [6, 6.07) is 12.2. The van der Waals surface area contributed by atoms with E-state index in [-0.39, 0.29) is 16.6 Å². The number of amides is 1. The van der Waals surface area contributed by atoms with Crippen molar-refractivity contribution in [3.63, 3.8) is 0 Å². The second kappa shape index (κ2) is 7.48. The van der Waals surface area contributed by atoms with Crippen LogP contribution in [0.1, 0.15) is 36.9 Å². The van der Waals surface area contributed by atoms with Gasteiger partial charge in [0.05, 0.1) is 15.9 Å². The minimum atomic E-state index is -3.94. The van der Waals surface area contributed by atoms with Crippen LogP contribution in [0.25, 0.3) is 0 Å². The molecule has 1 N–H and O–H groups in total. The molecule has 0 heterocycles. The monoisotopic (exact) mass is 388 g/mol. The molecule has 0 fully saturated rings. The lowest BCUT2D eigenvalue weighted by Crippen LogP contribution is -2.40. The molecule has 0 bridgehead atoms. The Hall–Kier alpha value is -2.74. The van der Waals surface area contributed by atoms with E-state index in [2.05, 4.69) is 5.32 Å². The van der Waals surface area contributed by atoms with Crippen LogP contribution in [0.3, 0.4) is 0 Å². The summed E-state index contributed by atoms with van der Waals surface area (Å²) >= 11 is 0. The van der Waals surface area contributed by atoms with Crippen LogP contribution >= 0.6 is 0 Å². The van der Waals surface area contributed by atoms with Crippen molar-refractivity contribution in [3.8, 4) is 0 Å². The molecular weight excluding hydrogens is 368 g/mol. The number of benzene rings is 2. The Bertz CT molecular complexity index is 970. The van der Waals surface area contributed by atoms with E-state index in [1.165, 1.54) is 12.5 Å². The highest BCUT2D eigenvalue weighted by molar-refractivity contribution is 7.92. The highest BCUT2D eigenvalue weighted by Gasteiger charge is 2.32. The van der Waals surface area contributed by atoms with E-state index in [0.29, 0.717) is 0 Å². The summed E-state index contributed by atoms with van der Waals surface area (Å²) in [5, 5.41) is 12.3. The number of fused-ring (bicyclic) bond motifs is 1. The summed E-state index contributed by atoms with van der Waals surface area (Å²) in [5.41, 5.74) is 1.99. The maximum atomic E-state index is 12.7. The van der Waals surface area contributed by atoms with Crippen molar-refractivity contribution in [2.45, 2.75) is 42.4 Å². The van der Waals surface area contributed by atoms with Crippen molar-refractivity contribution in [2.24, 2.45) is 0 Å². The summed E-state index contributed by atoms with van der Waals surface area (Å²) in [4.78, 5) is 22.6. The zero-order valence-electron chi connectivity index (χ0n) is 14.8. The lowest BCUT2D eigenvalue weighted by atomic mass is 9.88. The molecule has 1 aliphatic rings. The molecule has 2 atom stereocenters. The molecule has 2 aromatic carbocycles. The summed E-state index contributed by atoms with van der Waals surface area (Å²) in [6.07, 6.45) is 2.62. The number of nitro benzene ring substituents is 1. The fourth-order valence-corrected chi connectivity index (χ4v) is 4.57.